The van der Waals surface area contributed by atoms with E-state index in [2.05, 4.69) is 36.3 Å². The van der Waals surface area contributed by atoms with Gasteiger partial charge in [-0.1, -0.05) is 6.42 Å². The van der Waals surface area contributed by atoms with Crippen LogP contribution in [0.3, 0.4) is 0 Å². The second kappa shape index (κ2) is 5.65. The van der Waals surface area contributed by atoms with Crippen molar-refractivity contribution in [3.8, 4) is 0 Å². The van der Waals surface area contributed by atoms with Gasteiger partial charge in [-0.05, 0) is 41.1 Å². The average Bonchev–Trinajstić information content (AvgIpc) is 2.97. The minimum absolute atomic E-state index is 0.249. The SMILES string of the molecule is Cn1nc(Br)c2c(NC3CCCC3CCO)ncnc21. The molecule has 0 aliphatic heterocycles. The fourth-order valence-electron chi connectivity index (χ4n) is 3.06. The van der Waals surface area contributed by atoms with Gasteiger partial charge in [-0.3, -0.25) is 0 Å². The molecular weight excluding hydrogens is 322 g/mol. The Hall–Kier alpha value is -1.21. The smallest absolute Gasteiger partial charge is 0.164 e. The van der Waals surface area contributed by atoms with E-state index in [-0.39, 0.29) is 6.61 Å². The van der Waals surface area contributed by atoms with Crippen molar-refractivity contribution in [1.29, 1.82) is 0 Å². The Kier molecular flexibility index (Phi) is 3.89. The van der Waals surface area contributed by atoms with Crippen LogP contribution in [0.25, 0.3) is 11.0 Å². The van der Waals surface area contributed by atoms with Gasteiger partial charge in [0.2, 0.25) is 0 Å². The van der Waals surface area contributed by atoms with Crippen LogP contribution in [0.1, 0.15) is 25.7 Å². The third-order valence-corrected chi connectivity index (χ3v) is 4.61. The molecule has 7 heteroatoms. The molecule has 3 rings (SSSR count). The van der Waals surface area contributed by atoms with Gasteiger partial charge >= 0.3 is 0 Å². The molecule has 20 heavy (non-hydrogen) atoms. The molecule has 2 heterocycles. The molecule has 1 saturated carbocycles. The molecule has 0 bridgehead atoms. The lowest BCUT2D eigenvalue weighted by molar-refractivity contribution is 0.254. The predicted molar refractivity (Wildman–Crippen MR) is 80.5 cm³/mol. The Morgan fingerprint density at radius 1 is 1.45 bits per heavy atom. The molecule has 1 aliphatic rings. The lowest BCUT2D eigenvalue weighted by Gasteiger charge is -2.21. The van der Waals surface area contributed by atoms with E-state index in [1.54, 1.807) is 11.0 Å². The van der Waals surface area contributed by atoms with E-state index in [1.165, 1.54) is 12.8 Å². The van der Waals surface area contributed by atoms with Crippen LogP contribution in [-0.4, -0.2) is 37.5 Å². The van der Waals surface area contributed by atoms with Crippen molar-refractivity contribution >= 4 is 32.8 Å². The lowest BCUT2D eigenvalue weighted by atomic mass is 10.00. The summed E-state index contributed by atoms with van der Waals surface area (Å²) < 4.78 is 2.50. The maximum atomic E-state index is 9.16. The number of anilines is 1. The molecule has 0 saturated heterocycles. The first-order valence-electron chi connectivity index (χ1n) is 6.91. The zero-order chi connectivity index (χ0) is 14.1. The molecule has 2 unspecified atom stereocenters. The number of aryl methyl sites for hydroxylation is 1. The topological polar surface area (TPSA) is 75.9 Å². The molecule has 108 valence electrons. The summed E-state index contributed by atoms with van der Waals surface area (Å²) >= 11 is 3.47. The first kappa shape index (κ1) is 13.8. The van der Waals surface area contributed by atoms with Gasteiger partial charge in [-0.25, -0.2) is 14.6 Å². The summed E-state index contributed by atoms with van der Waals surface area (Å²) in [5.41, 5.74) is 0.811. The fraction of sp³-hybridized carbons (Fsp3) is 0.615. The highest BCUT2D eigenvalue weighted by Gasteiger charge is 2.28. The molecule has 1 aliphatic carbocycles. The molecule has 0 spiro atoms. The number of hydrogen-bond donors (Lipinski definition) is 2. The van der Waals surface area contributed by atoms with Crippen LogP contribution in [-0.2, 0) is 7.05 Å². The van der Waals surface area contributed by atoms with Gasteiger partial charge in [0, 0.05) is 19.7 Å². The Morgan fingerprint density at radius 3 is 3.10 bits per heavy atom. The fourth-order valence-corrected chi connectivity index (χ4v) is 3.67. The quantitative estimate of drug-likeness (QED) is 0.891. The second-order valence-corrected chi connectivity index (χ2v) is 6.04. The van der Waals surface area contributed by atoms with Crippen molar-refractivity contribution in [3.05, 3.63) is 10.9 Å². The summed E-state index contributed by atoms with van der Waals surface area (Å²) in [6.45, 7) is 0.249. The number of hydrogen-bond acceptors (Lipinski definition) is 5. The Bertz CT molecular complexity index is 614. The van der Waals surface area contributed by atoms with Crippen LogP contribution in [0.5, 0.6) is 0 Å². The summed E-state index contributed by atoms with van der Waals surface area (Å²) in [4.78, 5) is 8.64. The van der Waals surface area contributed by atoms with E-state index >= 15 is 0 Å². The number of aliphatic hydroxyl groups excluding tert-OH is 1. The monoisotopic (exact) mass is 339 g/mol. The third kappa shape index (κ3) is 2.40. The number of fused-ring (bicyclic) bond motifs is 1. The summed E-state index contributed by atoms with van der Waals surface area (Å²) in [7, 11) is 1.87. The number of nitrogens with one attached hydrogen (secondary N) is 1. The van der Waals surface area contributed by atoms with Crippen molar-refractivity contribution < 1.29 is 5.11 Å². The van der Waals surface area contributed by atoms with Crippen molar-refractivity contribution in [2.45, 2.75) is 31.7 Å². The molecule has 2 atom stereocenters. The van der Waals surface area contributed by atoms with Crippen LogP contribution in [0.2, 0.25) is 0 Å². The zero-order valence-corrected chi connectivity index (χ0v) is 13.0. The molecule has 2 N–H and O–H groups in total. The zero-order valence-electron chi connectivity index (χ0n) is 11.4. The Morgan fingerprint density at radius 2 is 2.30 bits per heavy atom. The summed E-state index contributed by atoms with van der Waals surface area (Å²) in [5.74, 6) is 1.34. The van der Waals surface area contributed by atoms with Gasteiger partial charge < -0.3 is 10.4 Å². The first-order valence-corrected chi connectivity index (χ1v) is 7.70. The molecule has 6 nitrogen and oxygen atoms in total. The highest BCUT2D eigenvalue weighted by atomic mass is 79.9. The van der Waals surface area contributed by atoms with E-state index in [0.29, 0.717) is 12.0 Å². The van der Waals surface area contributed by atoms with Crippen LogP contribution in [0.15, 0.2) is 10.9 Å². The summed E-state index contributed by atoms with van der Waals surface area (Å²) in [5, 5.41) is 17.9. The maximum Gasteiger partial charge on any atom is 0.164 e. The van der Waals surface area contributed by atoms with Gasteiger partial charge in [0.05, 0.1) is 5.39 Å². The first-order chi connectivity index (χ1) is 9.70. The van der Waals surface area contributed by atoms with Crippen molar-refractivity contribution in [3.63, 3.8) is 0 Å². The van der Waals surface area contributed by atoms with Crippen LogP contribution in [0.4, 0.5) is 5.82 Å². The summed E-state index contributed by atoms with van der Waals surface area (Å²) in [6, 6.07) is 0.368. The minimum atomic E-state index is 0.249. The highest BCUT2D eigenvalue weighted by Crippen LogP contribution is 2.33. The van der Waals surface area contributed by atoms with Crippen molar-refractivity contribution in [2.24, 2.45) is 13.0 Å². The van der Waals surface area contributed by atoms with E-state index in [4.69, 9.17) is 5.11 Å². The van der Waals surface area contributed by atoms with E-state index in [1.807, 2.05) is 7.05 Å². The van der Waals surface area contributed by atoms with Crippen LogP contribution < -0.4 is 5.32 Å². The normalized spacial score (nSPS) is 22.6. The molecular formula is C13H18BrN5O. The van der Waals surface area contributed by atoms with Gasteiger partial charge in [-0.2, -0.15) is 5.10 Å². The Balaban J connectivity index is 1.91. The molecule has 0 amide bonds. The molecule has 0 radical (unpaired) electrons. The number of nitrogens with zero attached hydrogens (tertiary/aromatic N) is 4. The molecule has 2 aromatic heterocycles. The number of rotatable bonds is 4. The van der Waals surface area contributed by atoms with Gasteiger partial charge in [0.1, 0.15) is 16.7 Å². The van der Waals surface area contributed by atoms with Crippen LogP contribution in [0, 0.1) is 5.92 Å². The number of aromatic nitrogens is 4. The minimum Gasteiger partial charge on any atom is -0.396 e. The van der Waals surface area contributed by atoms with Gasteiger partial charge in [0.25, 0.3) is 0 Å². The predicted octanol–water partition coefficient (Wildman–Crippen LogP) is 2.09. The number of aliphatic hydroxyl groups is 1. The van der Waals surface area contributed by atoms with E-state index in [0.717, 1.165) is 34.3 Å². The molecule has 2 aromatic rings. The summed E-state index contributed by atoms with van der Waals surface area (Å²) in [6.07, 6.45) is 5.90. The Labute approximate surface area is 125 Å². The van der Waals surface area contributed by atoms with Crippen LogP contribution >= 0.6 is 15.9 Å². The maximum absolute atomic E-state index is 9.16. The largest absolute Gasteiger partial charge is 0.396 e. The van der Waals surface area contributed by atoms with Crippen molar-refractivity contribution in [2.75, 3.05) is 11.9 Å². The average molecular weight is 340 g/mol. The second-order valence-electron chi connectivity index (χ2n) is 5.29. The molecule has 1 fully saturated rings. The van der Waals surface area contributed by atoms with Crippen molar-refractivity contribution in [1.82, 2.24) is 19.7 Å². The highest BCUT2D eigenvalue weighted by molar-refractivity contribution is 9.10. The molecule has 0 aromatic carbocycles. The van der Waals surface area contributed by atoms with E-state index in [9.17, 15) is 0 Å². The van der Waals surface area contributed by atoms with Gasteiger partial charge in [0.15, 0.2) is 5.65 Å². The lowest BCUT2D eigenvalue weighted by Crippen LogP contribution is -2.25. The number of halogens is 1. The third-order valence-electron chi connectivity index (χ3n) is 4.06. The standard InChI is InChI=1S/C13H18BrN5O/c1-19-13-10(11(14)18-19)12(15-7-16-13)17-9-4-2-3-8(9)5-6-20/h7-9,20H,2-6H2,1H3,(H,15,16,17). The van der Waals surface area contributed by atoms with E-state index < -0.39 is 0 Å². The van der Waals surface area contributed by atoms with Gasteiger partial charge in [-0.15, -0.1) is 0 Å².